The number of rotatable bonds is 2. The Morgan fingerprint density at radius 3 is 2.64 bits per heavy atom. The Bertz CT molecular complexity index is 284. The van der Waals surface area contributed by atoms with Gasteiger partial charge in [-0.3, -0.25) is 9.48 Å². The van der Waals surface area contributed by atoms with Crippen LogP contribution in [-0.2, 0) is 6.54 Å². The molecule has 0 unspecified atom stereocenters. The van der Waals surface area contributed by atoms with Gasteiger partial charge in [-0.1, -0.05) is 0 Å². The van der Waals surface area contributed by atoms with Gasteiger partial charge in [0, 0.05) is 24.3 Å². The van der Waals surface area contributed by atoms with Crippen molar-refractivity contribution in [1.29, 1.82) is 0 Å². The predicted molar refractivity (Wildman–Crippen MR) is 43.3 cm³/mol. The second-order valence-electron chi connectivity index (χ2n) is 2.77. The molecule has 3 N–H and O–H groups in total. The normalized spacial score (nSPS) is 10.9. The largest absolute Gasteiger partial charge is 0.326 e. The minimum absolute atomic E-state index is 0.0116. The van der Waals surface area contributed by atoms with Gasteiger partial charge in [-0.2, -0.15) is 0 Å². The van der Waals surface area contributed by atoms with Crippen LogP contribution in [0.3, 0.4) is 0 Å². The second-order valence-corrected chi connectivity index (χ2v) is 2.77. The molecule has 4 nitrogen and oxygen atoms in total. The predicted octanol–water partition coefficient (Wildman–Crippen LogP) is 0.216. The zero-order valence-corrected chi connectivity index (χ0v) is 6.79. The maximum atomic E-state index is 11.3. The molecular formula is C7H13N3O. The lowest BCUT2D eigenvalue weighted by molar-refractivity contribution is 0.516. The molecule has 1 aromatic heterocycles. The molecule has 0 bridgehead atoms. The van der Waals surface area contributed by atoms with E-state index in [9.17, 15) is 4.79 Å². The lowest BCUT2D eigenvalue weighted by Crippen LogP contribution is -2.22. The van der Waals surface area contributed by atoms with Gasteiger partial charge in [0.05, 0.1) is 0 Å². The summed E-state index contributed by atoms with van der Waals surface area (Å²) in [5.74, 6) is 0. The van der Waals surface area contributed by atoms with Crippen molar-refractivity contribution in [3.05, 3.63) is 22.1 Å². The van der Waals surface area contributed by atoms with Crippen LogP contribution in [0.25, 0.3) is 0 Å². The third-order valence-electron chi connectivity index (χ3n) is 1.61. The molecule has 0 aliphatic heterocycles. The van der Waals surface area contributed by atoms with E-state index in [0.29, 0.717) is 12.1 Å². The molecule has 0 fully saturated rings. The zero-order chi connectivity index (χ0) is 8.43. The van der Waals surface area contributed by atoms with Crippen LogP contribution in [0.4, 0.5) is 0 Å². The molecule has 1 rings (SSSR count). The average molecular weight is 155 g/mol. The van der Waals surface area contributed by atoms with Crippen molar-refractivity contribution in [1.82, 2.24) is 9.78 Å². The SMILES string of the molecule is CC(C)n1[nH]cc(CN)c1=O. The number of aromatic amines is 1. The van der Waals surface area contributed by atoms with Crippen LogP contribution in [0, 0.1) is 0 Å². The van der Waals surface area contributed by atoms with Crippen molar-refractivity contribution in [3.8, 4) is 0 Å². The van der Waals surface area contributed by atoms with E-state index in [1.54, 1.807) is 10.9 Å². The highest BCUT2D eigenvalue weighted by atomic mass is 16.1. The van der Waals surface area contributed by atoms with Crippen molar-refractivity contribution >= 4 is 0 Å². The van der Waals surface area contributed by atoms with E-state index in [0.717, 1.165) is 0 Å². The lowest BCUT2D eigenvalue weighted by atomic mass is 10.3. The van der Waals surface area contributed by atoms with Crippen molar-refractivity contribution < 1.29 is 0 Å². The Balaban J connectivity index is 3.11. The molecule has 0 saturated carbocycles. The molecule has 11 heavy (non-hydrogen) atoms. The highest BCUT2D eigenvalue weighted by molar-refractivity contribution is 5.03. The molecule has 62 valence electrons. The fourth-order valence-corrected chi connectivity index (χ4v) is 0.952. The zero-order valence-electron chi connectivity index (χ0n) is 6.79. The molecular weight excluding hydrogens is 142 g/mol. The highest BCUT2D eigenvalue weighted by Gasteiger charge is 2.05. The maximum absolute atomic E-state index is 11.3. The van der Waals surface area contributed by atoms with E-state index in [1.807, 2.05) is 13.8 Å². The highest BCUT2D eigenvalue weighted by Crippen LogP contribution is 1.97. The van der Waals surface area contributed by atoms with Crippen LogP contribution in [0.5, 0.6) is 0 Å². The number of H-pyrrole nitrogens is 1. The topological polar surface area (TPSA) is 63.8 Å². The third kappa shape index (κ3) is 1.35. The third-order valence-corrected chi connectivity index (χ3v) is 1.61. The van der Waals surface area contributed by atoms with E-state index in [4.69, 9.17) is 5.73 Å². The van der Waals surface area contributed by atoms with Gasteiger partial charge >= 0.3 is 0 Å². The van der Waals surface area contributed by atoms with Crippen LogP contribution >= 0.6 is 0 Å². The van der Waals surface area contributed by atoms with Crippen LogP contribution < -0.4 is 11.3 Å². The monoisotopic (exact) mass is 155 g/mol. The van der Waals surface area contributed by atoms with E-state index >= 15 is 0 Å². The Labute approximate surface area is 65.0 Å². The van der Waals surface area contributed by atoms with Gasteiger partial charge in [0.1, 0.15) is 0 Å². The molecule has 0 aromatic carbocycles. The van der Waals surface area contributed by atoms with E-state index in [1.165, 1.54) is 0 Å². The molecule has 0 atom stereocenters. The molecule has 4 heteroatoms. The molecule has 0 radical (unpaired) electrons. The summed E-state index contributed by atoms with van der Waals surface area (Å²) in [6.07, 6.45) is 1.66. The van der Waals surface area contributed by atoms with Crippen LogP contribution in [0.15, 0.2) is 11.0 Å². The first-order chi connectivity index (χ1) is 5.16. The average Bonchev–Trinajstić information content (AvgIpc) is 2.30. The molecule has 0 amide bonds. The number of nitrogens with one attached hydrogen (secondary N) is 1. The van der Waals surface area contributed by atoms with E-state index in [2.05, 4.69) is 5.10 Å². The fourth-order valence-electron chi connectivity index (χ4n) is 0.952. The van der Waals surface area contributed by atoms with E-state index in [-0.39, 0.29) is 11.6 Å². The summed E-state index contributed by atoms with van der Waals surface area (Å²) >= 11 is 0. The number of aromatic nitrogens is 2. The molecule has 0 aliphatic carbocycles. The second kappa shape index (κ2) is 2.92. The quantitative estimate of drug-likeness (QED) is 0.641. The van der Waals surface area contributed by atoms with Crippen LogP contribution in [0.2, 0.25) is 0 Å². The summed E-state index contributed by atoms with van der Waals surface area (Å²) in [5, 5.41) is 2.85. The summed E-state index contributed by atoms with van der Waals surface area (Å²) in [6, 6.07) is 0.169. The minimum atomic E-state index is -0.0116. The number of nitrogens with two attached hydrogens (primary N) is 1. The Hall–Kier alpha value is -1.03. The van der Waals surface area contributed by atoms with Gasteiger partial charge in [0.25, 0.3) is 5.56 Å². The first-order valence-electron chi connectivity index (χ1n) is 3.65. The summed E-state index contributed by atoms with van der Waals surface area (Å²) in [5.41, 5.74) is 5.96. The van der Waals surface area contributed by atoms with Gasteiger partial charge in [0.15, 0.2) is 0 Å². The minimum Gasteiger partial charge on any atom is -0.326 e. The molecule has 0 saturated heterocycles. The fraction of sp³-hybridized carbons (Fsp3) is 0.571. The van der Waals surface area contributed by atoms with Gasteiger partial charge in [-0.15, -0.1) is 0 Å². The summed E-state index contributed by atoms with van der Waals surface area (Å²) in [6.45, 7) is 4.19. The molecule has 0 spiro atoms. The standard InChI is InChI=1S/C7H13N3O/c1-5(2)10-7(11)6(3-8)4-9-10/h4-5,9H,3,8H2,1-2H3. The summed E-state index contributed by atoms with van der Waals surface area (Å²) in [4.78, 5) is 11.3. The maximum Gasteiger partial charge on any atom is 0.271 e. The van der Waals surface area contributed by atoms with Crippen LogP contribution in [-0.4, -0.2) is 9.78 Å². The van der Waals surface area contributed by atoms with Crippen molar-refractivity contribution in [2.45, 2.75) is 26.4 Å². The summed E-state index contributed by atoms with van der Waals surface area (Å²) in [7, 11) is 0. The number of nitrogens with zero attached hydrogens (tertiary/aromatic N) is 1. The smallest absolute Gasteiger partial charge is 0.271 e. The molecule has 1 aromatic rings. The Kier molecular flexibility index (Phi) is 2.14. The van der Waals surface area contributed by atoms with Gasteiger partial charge in [-0.25, -0.2) is 0 Å². The van der Waals surface area contributed by atoms with Crippen molar-refractivity contribution in [2.24, 2.45) is 5.73 Å². The Morgan fingerprint density at radius 2 is 2.36 bits per heavy atom. The van der Waals surface area contributed by atoms with Crippen molar-refractivity contribution in [2.75, 3.05) is 0 Å². The lowest BCUT2D eigenvalue weighted by Gasteiger charge is -2.03. The van der Waals surface area contributed by atoms with Crippen LogP contribution in [0.1, 0.15) is 25.5 Å². The Morgan fingerprint density at radius 1 is 1.73 bits per heavy atom. The van der Waals surface area contributed by atoms with E-state index < -0.39 is 0 Å². The molecule has 0 aliphatic rings. The first-order valence-corrected chi connectivity index (χ1v) is 3.65. The summed E-state index contributed by atoms with van der Waals surface area (Å²) < 4.78 is 1.56. The van der Waals surface area contributed by atoms with Gasteiger partial charge in [0.2, 0.25) is 0 Å². The number of hydrogen-bond donors (Lipinski definition) is 2. The first kappa shape index (κ1) is 8.07. The molecule has 1 heterocycles. The van der Waals surface area contributed by atoms with Gasteiger partial charge in [-0.05, 0) is 13.8 Å². The van der Waals surface area contributed by atoms with Gasteiger partial charge < -0.3 is 10.8 Å². The number of hydrogen-bond acceptors (Lipinski definition) is 2. The van der Waals surface area contributed by atoms with Crippen molar-refractivity contribution in [3.63, 3.8) is 0 Å².